The third kappa shape index (κ3) is 2.29. The molecule has 0 amide bonds. The fourth-order valence-corrected chi connectivity index (χ4v) is 2.05. The monoisotopic (exact) mass is 242 g/mol. The number of aromatic nitrogens is 1. The number of pyridine rings is 1. The standard InChI is InChI=1S/C11H15ClN2O2/c1-16-10(6-2-3-6)9(15)8-4-7(12)5-14-11(8)13/h4-6,9-10,15H,2-3H2,1H3,(H2,13,14). The summed E-state index contributed by atoms with van der Waals surface area (Å²) < 4.78 is 5.31. The second kappa shape index (κ2) is 4.57. The highest BCUT2D eigenvalue weighted by Crippen LogP contribution is 2.40. The zero-order valence-electron chi connectivity index (χ0n) is 9.06. The van der Waals surface area contributed by atoms with E-state index in [1.165, 1.54) is 6.20 Å². The highest BCUT2D eigenvalue weighted by molar-refractivity contribution is 6.30. The Balaban J connectivity index is 2.24. The SMILES string of the molecule is COC(C1CC1)C(O)c1cc(Cl)cnc1N. The maximum atomic E-state index is 10.2. The molecule has 1 aliphatic carbocycles. The van der Waals surface area contributed by atoms with Crippen LogP contribution in [0.1, 0.15) is 24.5 Å². The molecule has 0 radical (unpaired) electrons. The number of aliphatic hydroxyl groups excluding tert-OH is 1. The van der Waals surface area contributed by atoms with E-state index in [0.29, 0.717) is 22.3 Å². The van der Waals surface area contributed by atoms with Crippen LogP contribution in [-0.4, -0.2) is 23.3 Å². The Bertz CT molecular complexity index is 382. The number of nitrogens with two attached hydrogens (primary N) is 1. The summed E-state index contributed by atoms with van der Waals surface area (Å²) in [5.41, 5.74) is 6.27. The number of ether oxygens (including phenoxy) is 1. The zero-order valence-corrected chi connectivity index (χ0v) is 9.81. The van der Waals surface area contributed by atoms with E-state index in [2.05, 4.69) is 4.98 Å². The third-order valence-corrected chi connectivity index (χ3v) is 3.11. The molecule has 1 heterocycles. The summed E-state index contributed by atoms with van der Waals surface area (Å²) >= 11 is 5.83. The molecule has 2 atom stereocenters. The van der Waals surface area contributed by atoms with Gasteiger partial charge in [-0.25, -0.2) is 4.98 Å². The minimum atomic E-state index is -0.760. The first-order valence-electron chi connectivity index (χ1n) is 5.25. The van der Waals surface area contributed by atoms with Crippen LogP contribution in [0.15, 0.2) is 12.3 Å². The van der Waals surface area contributed by atoms with Crippen molar-refractivity contribution in [1.82, 2.24) is 4.98 Å². The van der Waals surface area contributed by atoms with E-state index in [-0.39, 0.29) is 6.10 Å². The maximum absolute atomic E-state index is 10.2. The Morgan fingerprint density at radius 2 is 2.31 bits per heavy atom. The molecule has 2 unspecified atom stereocenters. The molecule has 1 fully saturated rings. The number of aliphatic hydroxyl groups is 1. The Hall–Kier alpha value is -0.840. The van der Waals surface area contributed by atoms with Crippen molar-refractivity contribution in [3.8, 4) is 0 Å². The van der Waals surface area contributed by atoms with Gasteiger partial charge in [-0.05, 0) is 24.8 Å². The summed E-state index contributed by atoms with van der Waals surface area (Å²) in [4.78, 5) is 3.93. The number of hydrogen-bond donors (Lipinski definition) is 2. The van der Waals surface area contributed by atoms with Crippen molar-refractivity contribution in [2.45, 2.75) is 25.0 Å². The van der Waals surface area contributed by atoms with Crippen molar-refractivity contribution < 1.29 is 9.84 Å². The Morgan fingerprint density at radius 3 is 2.88 bits per heavy atom. The van der Waals surface area contributed by atoms with Crippen LogP contribution in [0.25, 0.3) is 0 Å². The topological polar surface area (TPSA) is 68.4 Å². The average Bonchev–Trinajstić information content (AvgIpc) is 3.07. The van der Waals surface area contributed by atoms with Gasteiger partial charge in [0.2, 0.25) is 0 Å². The number of nitrogen functional groups attached to an aromatic ring is 1. The smallest absolute Gasteiger partial charge is 0.129 e. The molecule has 1 aromatic heterocycles. The van der Waals surface area contributed by atoms with E-state index in [9.17, 15) is 5.11 Å². The van der Waals surface area contributed by atoms with Crippen molar-refractivity contribution in [2.75, 3.05) is 12.8 Å². The van der Waals surface area contributed by atoms with Crippen molar-refractivity contribution in [3.63, 3.8) is 0 Å². The first-order valence-corrected chi connectivity index (χ1v) is 5.63. The molecule has 3 N–H and O–H groups in total. The summed E-state index contributed by atoms with van der Waals surface area (Å²) in [6, 6.07) is 1.64. The number of rotatable bonds is 4. The number of halogens is 1. The first kappa shape index (κ1) is 11.6. The molecule has 0 bridgehead atoms. The molecule has 5 heteroatoms. The second-order valence-corrected chi connectivity index (χ2v) is 4.55. The number of hydrogen-bond acceptors (Lipinski definition) is 4. The van der Waals surface area contributed by atoms with Crippen LogP contribution in [0.5, 0.6) is 0 Å². The van der Waals surface area contributed by atoms with Gasteiger partial charge in [-0.2, -0.15) is 0 Å². The van der Waals surface area contributed by atoms with Crippen molar-refractivity contribution in [3.05, 3.63) is 22.8 Å². The lowest BCUT2D eigenvalue weighted by molar-refractivity contribution is -0.0257. The first-order chi connectivity index (χ1) is 7.63. The minimum absolute atomic E-state index is 0.220. The van der Waals surface area contributed by atoms with Crippen LogP contribution in [0, 0.1) is 5.92 Å². The maximum Gasteiger partial charge on any atom is 0.129 e. The predicted octanol–water partition coefficient (Wildman–Crippen LogP) is 1.78. The summed E-state index contributed by atoms with van der Waals surface area (Å²) in [6.45, 7) is 0. The summed E-state index contributed by atoms with van der Waals surface area (Å²) in [5, 5.41) is 10.7. The molecular weight excluding hydrogens is 228 g/mol. The highest BCUT2D eigenvalue weighted by Gasteiger charge is 2.37. The van der Waals surface area contributed by atoms with E-state index in [4.69, 9.17) is 22.1 Å². The molecule has 0 saturated heterocycles. The normalized spacial score (nSPS) is 19.4. The van der Waals surface area contributed by atoms with Crippen LogP contribution >= 0.6 is 11.6 Å². The van der Waals surface area contributed by atoms with Gasteiger partial charge >= 0.3 is 0 Å². The fourth-order valence-electron chi connectivity index (χ4n) is 1.88. The van der Waals surface area contributed by atoms with E-state index in [0.717, 1.165) is 12.8 Å². The number of methoxy groups -OCH3 is 1. The van der Waals surface area contributed by atoms with Crippen molar-refractivity contribution in [2.24, 2.45) is 5.92 Å². The van der Waals surface area contributed by atoms with E-state index in [1.807, 2.05) is 0 Å². The van der Waals surface area contributed by atoms with Crippen LogP contribution in [-0.2, 0) is 4.74 Å². The number of anilines is 1. The van der Waals surface area contributed by atoms with Gasteiger partial charge in [0, 0.05) is 18.9 Å². The van der Waals surface area contributed by atoms with Crippen LogP contribution < -0.4 is 5.73 Å². The Morgan fingerprint density at radius 1 is 1.62 bits per heavy atom. The molecule has 16 heavy (non-hydrogen) atoms. The van der Waals surface area contributed by atoms with E-state index >= 15 is 0 Å². The highest BCUT2D eigenvalue weighted by atomic mass is 35.5. The zero-order chi connectivity index (χ0) is 11.7. The molecule has 4 nitrogen and oxygen atoms in total. The van der Waals surface area contributed by atoms with Gasteiger partial charge < -0.3 is 15.6 Å². The molecule has 1 aliphatic rings. The minimum Gasteiger partial charge on any atom is -0.386 e. The van der Waals surface area contributed by atoms with Crippen LogP contribution in [0.3, 0.4) is 0 Å². The van der Waals surface area contributed by atoms with Crippen molar-refractivity contribution >= 4 is 17.4 Å². The van der Waals surface area contributed by atoms with Gasteiger partial charge in [-0.3, -0.25) is 0 Å². The van der Waals surface area contributed by atoms with Crippen LogP contribution in [0.2, 0.25) is 5.02 Å². The molecular formula is C11H15ClN2O2. The lowest BCUT2D eigenvalue weighted by atomic mass is 10.0. The van der Waals surface area contributed by atoms with Gasteiger partial charge in [-0.1, -0.05) is 11.6 Å². The van der Waals surface area contributed by atoms with Crippen LogP contribution in [0.4, 0.5) is 5.82 Å². The quantitative estimate of drug-likeness (QED) is 0.845. The summed E-state index contributed by atoms with van der Waals surface area (Å²) in [5.74, 6) is 0.720. The van der Waals surface area contributed by atoms with Gasteiger partial charge in [-0.15, -0.1) is 0 Å². The molecule has 1 saturated carbocycles. The molecule has 2 rings (SSSR count). The largest absolute Gasteiger partial charge is 0.386 e. The molecule has 0 aliphatic heterocycles. The van der Waals surface area contributed by atoms with Gasteiger partial charge in [0.1, 0.15) is 11.9 Å². The predicted molar refractivity (Wildman–Crippen MR) is 62.1 cm³/mol. The Labute approximate surface area is 99.4 Å². The molecule has 88 valence electrons. The van der Waals surface area contributed by atoms with Gasteiger partial charge in [0.25, 0.3) is 0 Å². The van der Waals surface area contributed by atoms with E-state index in [1.54, 1.807) is 13.2 Å². The Kier molecular flexibility index (Phi) is 3.33. The van der Waals surface area contributed by atoms with Gasteiger partial charge in [0.15, 0.2) is 0 Å². The average molecular weight is 243 g/mol. The fraction of sp³-hybridized carbons (Fsp3) is 0.545. The molecule has 1 aromatic rings. The summed E-state index contributed by atoms with van der Waals surface area (Å²) in [7, 11) is 1.60. The lowest BCUT2D eigenvalue weighted by Gasteiger charge is -2.22. The lowest BCUT2D eigenvalue weighted by Crippen LogP contribution is -2.24. The summed E-state index contributed by atoms with van der Waals surface area (Å²) in [6.07, 6.45) is 2.66. The second-order valence-electron chi connectivity index (χ2n) is 4.11. The molecule has 0 aromatic carbocycles. The third-order valence-electron chi connectivity index (χ3n) is 2.90. The van der Waals surface area contributed by atoms with Gasteiger partial charge in [0.05, 0.1) is 11.1 Å². The van der Waals surface area contributed by atoms with E-state index < -0.39 is 6.10 Å². The molecule has 0 spiro atoms. The number of nitrogens with zero attached hydrogens (tertiary/aromatic N) is 1. The van der Waals surface area contributed by atoms with Crippen molar-refractivity contribution in [1.29, 1.82) is 0 Å².